The molecule has 0 saturated carbocycles. The molecule has 0 aromatic heterocycles. The lowest BCUT2D eigenvalue weighted by Crippen LogP contribution is -2.16. The minimum atomic E-state index is 0.440. The van der Waals surface area contributed by atoms with Crippen LogP contribution in [0.15, 0.2) is 95.5 Å². The van der Waals surface area contributed by atoms with Gasteiger partial charge in [0.15, 0.2) is 0 Å². The van der Waals surface area contributed by atoms with Crippen LogP contribution >= 0.6 is 15.9 Å². The molecule has 0 nitrogen and oxygen atoms in total. The van der Waals surface area contributed by atoms with Gasteiger partial charge in [-0.1, -0.05) is 88.8 Å². The monoisotopic (exact) mass is 384 g/mol. The van der Waals surface area contributed by atoms with Crippen LogP contribution in [0.25, 0.3) is 16.3 Å². The van der Waals surface area contributed by atoms with Crippen molar-refractivity contribution < 1.29 is 0 Å². The van der Waals surface area contributed by atoms with E-state index in [4.69, 9.17) is 0 Å². The molecule has 0 amide bonds. The molecule has 3 aromatic carbocycles. The first kappa shape index (κ1) is 14.9. The maximum Gasteiger partial charge on any atom is 0.0181 e. The van der Waals surface area contributed by atoms with Gasteiger partial charge >= 0.3 is 0 Å². The lowest BCUT2D eigenvalue weighted by atomic mass is 9.73. The fraction of sp³-hybridized carbons (Fsp3) is 0.0833. The lowest BCUT2D eigenvalue weighted by molar-refractivity contribution is 0.689. The first-order valence-corrected chi connectivity index (χ1v) is 9.45. The summed E-state index contributed by atoms with van der Waals surface area (Å²) in [6, 6.07) is 22.1. The normalized spacial score (nSPS) is 20.9. The summed E-state index contributed by atoms with van der Waals surface area (Å²) >= 11 is 3.56. The predicted octanol–water partition coefficient (Wildman–Crippen LogP) is 6.87. The van der Waals surface area contributed by atoms with Crippen molar-refractivity contribution in [2.24, 2.45) is 5.92 Å². The molecular weight excluding hydrogens is 368 g/mol. The smallest absolute Gasteiger partial charge is 0.0181 e. The van der Waals surface area contributed by atoms with Crippen molar-refractivity contribution in [3.63, 3.8) is 0 Å². The molecule has 120 valence electrons. The van der Waals surface area contributed by atoms with Crippen molar-refractivity contribution in [3.8, 4) is 0 Å². The maximum atomic E-state index is 3.56. The predicted molar refractivity (Wildman–Crippen MR) is 110 cm³/mol. The molecule has 2 atom stereocenters. The van der Waals surface area contributed by atoms with Gasteiger partial charge in [-0.2, -0.15) is 0 Å². The van der Waals surface area contributed by atoms with Crippen molar-refractivity contribution in [3.05, 3.63) is 112 Å². The average molecular weight is 385 g/mol. The van der Waals surface area contributed by atoms with Crippen LogP contribution in [-0.2, 0) is 0 Å². The number of rotatable bonds is 1. The van der Waals surface area contributed by atoms with Crippen molar-refractivity contribution in [1.29, 1.82) is 0 Å². The van der Waals surface area contributed by atoms with Gasteiger partial charge in [-0.25, -0.2) is 0 Å². The molecule has 0 N–H and O–H groups in total. The highest BCUT2D eigenvalue weighted by Gasteiger charge is 2.27. The second kappa shape index (κ2) is 5.86. The van der Waals surface area contributed by atoms with Crippen LogP contribution in [0.5, 0.6) is 0 Å². The van der Waals surface area contributed by atoms with E-state index < -0.39 is 0 Å². The molecule has 1 heteroatoms. The number of hydrogen-bond acceptors (Lipinski definition) is 0. The molecule has 0 fully saturated rings. The Labute approximate surface area is 156 Å². The van der Waals surface area contributed by atoms with Crippen molar-refractivity contribution in [1.82, 2.24) is 0 Å². The molecule has 2 aliphatic rings. The third-order valence-electron chi connectivity index (χ3n) is 5.26. The number of benzene rings is 3. The number of fused-ring (bicyclic) bond motifs is 4. The maximum absolute atomic E-state index is 3.56. The Morgan fingerprint density at radius 3 is 2.52 bits per heavy atom. The SMILES string of the molecule is Brc1ccc2cc(C3=CC4C=CC=CC4c4ccccc43)ccc2c1. The van der Waals surface area contributed by atoms with E-state index in [1.165, 1.54) is 33.0 Å². The third kappa shape index (κ3) is 2.51. The molecule has 0 radical (unpaired) electrons. The van der Waals surface area contributed by atoms with Crippen LogP contribution in [0.2, 0.25) is 0 Å². The highest BCUT2D eigenvalue weighted by Crippen LogP contribution is 2.43. The van der Waals surface area contributed by atoms with Gasteiger partial charge in [-0.3, -0.25) is 0 Å². The molecule has 0 spiro atoms. The van der Waals surface area contributed by atoms with Crippen LogP contribution in [0.1, 0.15) is 22.6 Å². The summed E-state index contributed by atoms with van der Waals surface area (Å²) in [6.45, 7) is 0. The summed E-state index contributed by atoms with van der Waals surface area (Å²) in [5, 5.41) is 2.54. The van der Waals surface area contributed by atoms with Gasteiger partial charge in [0.25, 0.3) is 0 Å². The fourth-order valence-electron chi connectivity index (χ4n) is 4.05. The minimum absolute atomic E-state index is 0.440. The average Bonchev–Trinajstić information content (AvgIpc) is 2.67. The second-order valence-electron chi connectivity index (χ2n) is 6.75. The Bertz CT molecular complexity index is 1070. The van der Waals surface area contributed by atoms with E-state index in [1.807, 2.05) is 0 Å². The Kier molecular flexibility index (Phi) is 3.50. The first-order chi connectivity index (χ1) is 12.3. The van der Waals surface area contributed by atoms with Gasteiger partial charge in [0.2, 0.25) is 0 Å². The highest BCUT2D eigenvalue weighted by atomic mass is 79.9. The second-order valence-corrected chi connectivity index (χ2v) is 7.66. The number of halogens is 1. The Morgan fingerprint density at radius 1 is 0.760 bits per heavy atom. The molecular formula is C24H17Br. The molecule has 0 aliphatic heterocycles. The summed E-state index contributed by atoms with van der Waals surface area (Å²) < 4.78 is 1.12. The van der Waals surface area contributed by atoms with Crippen LogP contribution in [-0.4, -0.2) is 0 Å². The van der Waals surface area contributed by atoms with Crippen LogP contribution in [0.4, 0.5) is 0 Å². The van der Waals surface area contributed by atoms with Gasteiger partial charge < -0.3 is 0 Å². The molecule has 5 rings (SSSR count). The number of hydrogen-bond donors (Lipinski definition) is 0. The van der Waals surface area contributed by atoms with E-state index in [9.17, 15) is 0 Å². The first-order valence-electron chi connectivity index (χ1n) is 8.65. The molecule has 0 saturated heterocycles. The molecule has 3 aromatic rings. The Morgan fingerprint density at radius 2 is 1.56 bits per heavy atom. The molecule has 25 heavy (non-hydrogen) atoms. The molecule has 0 bridgehead atoms. The zero-order valence-corrected chi connectivity index (χ0v) is 15.3. The van der Waals surface area contributed by atoms with E-state index in [0.717, 1.165) is 4.47 Å². The van der Waals surface area contributed by atoms with E-state index >= 15 is 0 Å². The van der Waals surface area contributed by atoms with Crippen LogP contribution < -0.4 is 0 Å². The fourth-order valence-corrected chi connectivity index (χ4v) is 4.42. The van der Waals surface area contributed by atoms with Crippen molar-refractivity contribution in [2.75, 3.05) is 0 Å². The van der Waals surface area contributed by atoms with Gasteiger partial charge in [0.1, 0.15) is 0 Å². The lowest BCUT2D eigenvalue weighted by Gasteiger charge is -2.31. The minimum Gasteiger partial charge on any atom is -0.0767 e. The topological polar surface area (TPSA) is 0 Å². The van der Waals surface area contributed by atoms with Gasteiger partial charge in [-0.05, 0) is 51.2 Å². The van der Waals surface area contributed by atoms with Gasteiger partial charge in [-0.15, -0.1) is 0 Å². The van der Waals surface area contributed by atoms with Gasteiger partial charge in [0.05, 0.1) is 0 Å². The summed E-state index contributed by atoms with van der Waals surface area (Å²) in [5.74, 6) is 0.900. The number of allylic oxidation sites excluding steroid dienone is 5. The molecule has 0 heterocycles. The molecule has 2 unspecified atom stereocenters. The van der Waals surface area contributed by atoms with Crippen LogP contribution in [0.3, 0.4) is 0 Å². The standard InChI is InChI=1S/C24H17Br/c25-20-12-11-16-13-19(10-9-17(16)14-20)24-15-18-5-1-2-6-21(18)22-7-3-4-8-23(22)24/h1-15,18,21H. The van der Waals surface area contributed by atoms with E-state index in [-0.39, 0.29) is 0 Å². The van der Waals surface area contributed by atoms with Crippen molar-refractivity contribution >= 4 is 32.3 Å². The summed E-state index contributed by atoms with van der Waals surface area (Å²) in [6.07, 6.45) is 11.4. The summed E-state index contributed by atoms with van der Waals surface area (Å²) in [4.78, 5) is 0. The van der Waals surface area contributed by atoms with Gasteiger partial charge in [0, 0.05) is 16.3 Å². The Balaban J connectivity index is 1.70. The molecule has 2 aliphatic carbocycles. The third-order valence-corrected chi connectivity index (χ3v) is 5.75. The quantitative estimate of drug-likeness (QED) is 0.429. The van der Waals surface area contributed by atoms with Crippen molar-refractivity contribution in [2.45, 2.75) is 5.92 Å². The van der Waals surface area contributed by atoms with E-state index in [0.29, 0.717) is 11.8 Å². The van der Waals surface area contributed by atoms with E-state index in [1.54, 1.807) is 0 Å². The summed E-state index contributed by atoms with van der Waals surface area (Å²) in [5.41, 5.74) is 5.44. The van der Waals surface area contributed by atoms with Crippen LogP contribution in [0, 0.1) is 5.92 Å². The zero-order valence-electron chi connectivity index (χ0n) is 13.7. The largest absolute Gasteiger partial charge is 0.0767 e. The van der Waals surface area contributed by atoms with E-state index in [2.05, 4.69) is 107 Å². The Hall–Kier alpha value is -2.38. The highest BCUT2D eigenvalue weighted by molar-refractivity contribution is 9.10. The summed E-state index contributed by atoms with van der Waals surface area (Å²) in [7, 11) is 0. The zero-order chi connectivity index (χ0) is 16.8.